The number of aromatic nitrogens is 6. The Bertz CT molecular complexity index is 2920. The van der Waals surface area contributed by atoms with Crippen LogP contribution in [0.5, 0.6) is 0 Å². The van der Waals surface area contributed by atoms with Crippen LogP contribution in [0.2, 0.25) is 0 Å². The summed E-state index contributed by atoms with van der Waals surface area (Å²) in [7, 11) is 3.44. The van der Waals surface area contributed by atoms with Crippen LogP contribution >= 0.6 is 0 Å². The standard InChI is InChI=1S/C45H48F2N12O4.C3H6/c1-49-32-20-39(53-59-37(41(48)61)22-51-42(32)59)57-17-13-30-29(4-3-5-33(30)57)31-8-6-27(21-50-31)18-28-23-56(24-28)38-14-16-55(25-45(38,46)47)15-12-26-7-9-34-36(19-26)54(2)44(63)58(34)35-10-11-40(60)52-43(35)62;1-2-3-1/h3-9,19-22,28,35,38,49H,10-18,23-25H2,1-2H3,(H2,48,61)(H,52,60,62);1-3H2. The van der Waals surface area contributed by atoms with E-state index in [1.54, 1.807) is 20.2 Å². The minimum atomic E-state index is -2.85. The van der Waals surface area contributed by atoms with Gasteiger partial charge in [0.15, 0.2) is 11.5 Å². The van der Waals surface area contributed by atoms with E-state index in [0.717, 1.165) is 52.2 Å². The van der Waals surface area contributed by atoms with Crippen LogP contribution < -0.4 is 27.0 Å². The zero-order valence-electron chi connectivity index (χ0n) is 37.2. The molecule has 4 aliphatic heterocycles. The van der Waals surface area contributed by atoms with Gasteiger partial charge in [-0.05, 0) is 79.0 Å². The molecule has 6 aromatic rings. The van der Waals surface area contributed by atoms with Crippen LogP contribution in [0.15, 0.2) is 71.8 Å². The first-order valence-electron chi connectivity index (χ1n) is 23.0. The molecular formula is C48H54F2N12O4. The smallest absolute Gasteiger partial charge is 0.329 e. The van der Waals surface area contributed by atoms with Gasteiger partial charge in [0.05, 0.1) is 41.2 Å². The van der Waals surface area contributed by atoms with E-state index in [-0.39, 0.29) is 42.6 Å². The lowest BCUT2D eigenvalue weighted by Crippen LogP contribution is -2.64. The molecule has 344 valence electrons. The molecule has 4 aromatic heterocycles. The summed E-state index contributed by atoms with van der Waals surface area (Å²) in [5.74, 6) is -3.36. The number of imidazole rings is 2. The number of pyridine rings is 1. The lowest BCUT2D eigenvalue weighted by molar-refractivity contribution is -0.148. The largest absolute Gasteiger partial charge is 0.385 e. The van der Waals surface area contributed by atoms with Gasteiger partial charge in [0, 0.05) is 76.8 Å². The number of rotatable bonds is 11. The van der Waals surface area contributed by atoms with Gasteiger partial charge < -0.3 is 16.0 Å². The van der Waals surface area contributed by atoms with Crippen LogP contribution in [-0.4, -0.2) is 115 Å². The molecular weight excluding hydrogens is 847 g/mol. The third-order valence-electron chi connectivity index (χ3n) is 13.7. The Morgan fingerprint density at radius 2 is 1.74 bits per heavy atom. The Hall–Kier alpha value is -6.53. The summed E-state index contributed by atoms with van der Waals surface area (Å²) in [5.41, 5.74) is 14.0. The number of likely N-dealkylation sites (tertiary alicyclic amines) is 2. The molecule has 5 aliphatic rings. The highest BCUT2D eigenvalue weighted by Crippen LogP contribution is 2.41. The zero-order chi connectivity index (χ0) is 45.9. The van der Waals surface area contributed by atoms with Crippen molar-refractivity contribution in [3.8, 4) is 11.3 Å². The number of carbonyl (C=O) groups is 3. The second kappa shape index (κ2) is 17.4. The number of anilines is 3. The average molecular weight is 901 g/mol. The number of imide groups is 1. The van der Waals surface area contributed by atoms with Crippen molar-refractivity contribution >= 4 is 51.6 Å². The predicted octanol–water partition coefficient (Wildman–Crippen LogP) is 4.85. The monoisotopic (exact) mass is 900 g/mol. The highest BCUT2D eigenvalue weighted by molar-refractivity contribution is 6.00. The fourth-order valence-electron chi connectivity index (χ4n) is 10.1. The van der Waals surface area contributed by atoms with Crippen molar-refractivity contribution in [1.82, 2.24) is 43.8 Å². The lowest BCUT2D eigenvalue weighted by atomic mass is 9.87. The third kappa shape index (κ3) is 8.20. The van der Waals surface area contributed by atoms with Crippen LogP contribution in [-0.2, 0) is 35.9 Å². The maximum absolute atomic E-state index is 15.7. The molecule has 1 aliphatic carbocycles. The number of fused-ring (bicyclic) bond motifs is 3. The van der Waals surface area contributed by atoms with Crippen LogP contribution in [0.25, 0.3) is 27.9 Å². The number of aryl methyl sites for hydroxylation is 1. The maximum atomic E-state index is 15.7. The lowest BCUT2D eigenvalue weighted by Gasteiger charge is -2.50. The molecule has 18 heteroatoms. The highest BCUT2D eigenvalue weighted by Gasteiger charge is 2.50. The molecule has 3 saturated heterocycles. The number of piperidine rings is 2. The number of amides is 3. The number of nitrogens with zero attached hydrogens (tertiary/aromatic N) is 9. The van der Waals surface area contributed by atoms with E-state index in [0.29, 0.717) is 68.1 Å². The number of primary amides is 1. The summed E-state index contributed by atoms with van der Waals surface area (Å²) < 4.78 is 35.9. The number of benzene rings is 2. The number of alkyl halides is 2. The molecule has 4 N–H and O–H groups in total. The van der Waals surface area contributed by atoms with Gasteiger partial charge in [0.1, 0.15) is 11.7 Å². The number of nitrogens with two attached hydrogens (primary N) is 1. The van der Waals surface area contributed by atoms with Crippen molar-refractivity contribution in [1.29, 1.82) is 0 Å². The first kappa shape index (κ1) is 43.4. The van der Waals surface area contributed by atoms with Crippen molar-refractivity contribution in [2.75, 3.05) is 56.5 Å². The van der Waals surface area contributed by atoms with E-state index < -0.39 is 29.8 Å². The van der Waals surface area contributed by atoms with Gasteiger partial charge in [-0.1, -0.05) is 43.5 Å². The van der Waals surface area contributed by atoms with E-state index in [4.69, 9.17) is 15.8 Å². The number of carbonyl (C=O) groups excluding carboxylic acids is 3. The van der Waals surface area contributed by atoms with Crippen molar-refractivity contribution in [2.45, 2.75) is 75.8 Å². The first-order chi connectivity index (χ1) is 31.9. The fraction of sp³-hybridized carbons (Fsp3) is 0.438. The van der Waals surface area contributed by atoms with Crippen LogP contribution in [0.4, 0.5) is 26.0 Å². The molecule has 66 heavy (non-hydrogen) atoms. The summed E-state index contributed by atoms with van der Waals surface area (Å²) in [5, 5.41) is 10.2. The molecule has 2 aromatic carbocycles. The quantitative estimate of drug-likeness (QED) is 0.151. The maximum Gasteiger partial charge on any atom is 0.329 e. The molecule has 0 bridgehead atoms. The van der Waals surface area contributed by atoms with Crippen LogP contribution in [0.1, 0.15) is 71.7 Å². The SMILES string of the molecule is C1CC1.CNc1cc(N2CCc3c(-c4ccc(CC5CN(C6CCN(CCc7ccc8c(c7)n(C)c(=O)n8C7CCC(=O)NC7=O)CC6(F)F)C5)cn4)cccc32)nn2c(C(N)=O)cnc12. The van der Waals surface area contributed by atoms with Gasteiger partial charge in [-0.2, -0.15) is 0 Å². The van der Waals surface area contributed by atoms with E-state index in [9.17, 15) is 19.2 Å². The third-order valence-corrected chi connectivity index (χ3v) is 13.7. The van der Waals surface area contributed by atoms with Crippen molar-refractivity contribution < 1.29 is 23.2 Å². The van der Waals surface area contributed by atoms with E-state index in [1.165, 1.54) is 39.1 Å². The number of hydrogen-bond donors (Lipinski definition) is 3. The molecule has 11 rings (SSSR count). The van der Waals surface area contributed by atoms with Crippen molar-refractivity contribution in [3.63, 3.8) is 0 Å². The molecule has 16 nitrogen and oxygen atoms in total. The van der Waals surface area contributed by atoms with E-state index in [2.05, 4.69) is 38.7 Å². The molecule has 0 spiro atoms. The highest BCUT2D eigenvalue weighted by atomic mass is 19.3. The summed E-state index contributed by atoms with van der Waals surface area (Å²) in [4.78, 5) is 64.6. The average Bonchev–Trinajstić information content (AvgIpc) is 3.95. The molecule has 2 atom stereocenters. The van der Waals surface area contributed by atoms with Crippen LogP contribution in [0.3, 0.4) is 0 Å². The predicted molar refractivity (Wildman–Crippen MR) is 246 cm³/mol. The Morgan fingerprint density at radius 1 is 0.939 bits per heavy atom. The molecule has 4 fully saturated rings. The van der Waals surface area contributed by atoms with E-state index in [1.807, 2.05) is 46.3 Å². The molecule has 8 heterocycles. The first-order valence-corrected chi connectivity index (χ1v) is 23.0. The zero-order valence-corrected chi connectivity index (χ0v) is 37.2. The Morgan fingerprint density at radius 3 is 2.45 bits per heavy atom. The van der Waals surface area contributed by atoms with Gasteiger partial charge in [-0.3, -0.25) is 43.6 Å². The number of hydrogen-bond acceptors (Lipinski definition) is 11. The topological polar surface area (TPSA) is 181 Å². The second-order valence-corrected chi connectivity index (χ2v) is 18.3. The molecule has 2 unspecified atom stereocenters. The molecule has 3 amide bonds. The van der Waals surface area contributed by atoms with Crippen LogP contribution in [0, 0.1) is 5.92 Å². The summed E-state index contributed by atoms with van der Waals surface area (Å²) in [6.45, 7) is 2.66. The number of halogens is 2. The molecule has 0 radical (unpaired) electrons. The summed E-state index contributed by atoms with van der Waals surface area (Å²) in [6, 6.07) is 16.2. The van der Waals surface area contributed by atoms with Gasteiger partial charge >= 0.3 is 5.69 Å². The van der Waals surface area contributed by atoms with Crippen molar-refractivity contribution in [3.05, 3.63) is 99.9 Å². The van der Waals surface area contributed by atoms with E-state index >= 15 is 8.78 Å². The molecule has 1 saturated carbocycles. The number of nitrogens with one attached hydrogen (secondary N) is 2. The van der Waals surface area contributed by atoms with Crippen molar-refractivity contribution in [2.24, 2.45) is 18.7 Å². The normalized spacial score (nSPS) is 20.8. The summed E-state index contributed by atoms with van der Waals surface area (Å²) >= 11 is 0. The van der Waals surface area contributed by atoms with Gasteiger partial charge in [-0.25, -0.2) is 23.1 Å². The Balaban J connectivity index is 0.00000164. The fourth-order valence-corrected chi connectivity index (χ4v) is 10.1. The minimum absolute atomic E-state index is 0.164. The van der Waals surface area contributed by atoms with Gasteiger partial charge in [-0.15, -0.1) is 5.10 Å². The summed E-state index contributed by atoms with van der Waals surface area (Å²) in [6.07, 6.45) is 10.7. The van der Waals surface area contributed by atoms with Gasteiger partial charge in [0.2, 0.25) is 11.8 Å². The Labute approximate surface area is 379 Å². The van der Waals surface area contributed by atoms with Gasteiger partial charge in [0.25, 0.3) is 11.8 Å². The Kier molecular flexibility index (Phi) is 11.4. The second-order valence-electron chi connectivity index (χ2n) is 18.3. The minimum Gasteiger partial charge on any atom is -0.385 e.